The van der Waals surface area contributed by atoms with Crippen molar-refractivity contribution in [2.24, 2.45) is 4.99 Å². The lowest BCUT2D eigenvalue weighted by Crippen LogP contribution is -1.93. The molecule has 0 amide bonds. The fourth-order valence-electron chi connectivity index (χ4n) is 2.29. The molecule has 0 aliphatic heterocycles. The number of hydrogen-bond acceptors (Lipinski definition) is 4. The lowest BCUT2D eigenvalue weighted by atomic mass is 10.2. The number of aryl methyl sites for hydroxylation is 1. The molecule has 3 aromatic rings. The molecule has 0 saturated carbocycles. The second-order valence-electron chi connectivity index (χ2n) is 4.75. The van der Waals surface area contributed by atoms with Crippen LogP contribution in [0.5, 0.6) is 0 Å². The Morgan fingerprint density at radius 1 is 1.23 bits per heavy atom. The van der Waals surface area contributed by atoms with Crippen molar-refractivity contribution >= 4 is 28.9 Å². The SMILES string of the molecule is CCn1c(/N=C/c2ccc([N+](=O)[O-])cc2)nc2ccccc21. The Balaban J connectivity index is 1.93. The van der Waals surface area contributed by atoms with Gasteiger partial charge in [-0.3, -0.25) is 10.1 Å². The number of rotatable bonds is 4. The van der Waals surface area contributed by atoms with Gasteiger partial charge >= 0.3 is 0 Å². The zero-order valence-electron chi connectivity index (χ0n) is 12.0. The van der Waals surface area contributed by atoms with Gasteiger partial charge in [0.1, 0.15) is 0 Å². The first-order valence-corrected chi connectivity index (χ1v) is 6.93. The number of para-hydroxylation sites is 2. The molecule has 0 unspecified atom stereocenters. The van der Waals surface area contributed by atoms with E-state index in [1.54, 1.807) is 18.3 Å². The van der Waals surface area contributed by atoms with Gasteiger partial charge in [0.2, 0.25) is 5.95 Å². The van der Waals surface area contributed by atoms with Gasteiger partial charge in [-0.05, 0) is 36.8 Å². The van der Waals surface area contributed by atoms with Gasteiger partial charge in [-0.1, -0.05) is 12.1 Å². The average molecular weight is 294 g/mol. The van der Waals surface area contributed by atoms with Crippen LogP contribution in [-0.4, -0.2) is 20.7 Å². The molecule has 110 valence electrons. The summed E-state index contributed by atoms with van der Waals surface area (Å²) in [5.41, 5.74) is 2.80. The first-order chi connectivity index (χ1) is 10.7. The van der Waals surface area contributed by atoms with E-state index >= 15 is 0 Å². The van der Waals surface area contributed by atoms with E-state index in [0.29, 0.717) is 5.95 Å². The lowest BCUT2D eigenvalue weighted by molar-refractivity contribution is -0.384. The van der Waals surface area contributed by atoms with E-state index in [1.807, 2.05) is 35.8 Å². The Morgan fingerprint density at radius 3 is 2.64 bits per heavy atom. The van der Waals surface area contributed by atoms with Crippen LogP contribution in [0, 0.1) is 10.1 Å². The molecule has 0 spiro atoms. The zero-order chi connectivity index (χ0) is 15.5. The Bertz CT molecular complexity index is 850. The van der Waals surface area contributed by atoms with E-state index < -0.39 is 4.92 Å². The fraction of sp³-hybridized carbons (Fsp3) is 0.125. The van der Waals surface area contributed by atoms with Gasteiger partial charge in [0, 0.05) is 24.9 Å². The van der Waals surface area contributed by atoms with Crippen LogP contribution in [0.1, 0.15) is 12.5 Å². The first kappa shape index (κ1) is 13.9. The molecule has 0 aliphatic carbocycles. The molecular formula is C16H14N4O2. The monoisotopic (exact) mass is 294 g/mol. The third-order valence-corrected chi connectivity index (χ3v) is 3.38. The number of nitro benzene ring substituents is 1. The highest BCUT2D eigenvalue weighted by atomic mass is 16.6. The number of non-ortho nitro benzene ring substituents is 1. The van der Waals surface area contributed by atoms with Gasteiger partial charge in [0.25, 0.3) is 5.69 Å². The Labute approximate surface area is 126 Å². The van der Waals surface area contributed by atoms with Crippen molar-refractivity contribution in [2.75, 3.05) is 0 Å². The molecule has 6 nitrogen and oxygen atoms in total. The number of aliphatic imine (C=N–C) groups is 1. The molecule has 1 heterocycles. The van der Waals surface area contributed by atoms with E-state index in [1.165, 1.54) is 12.1 Å². The first-order valence-electron chi connectivity index (χ1n) is 6.93. The van der Waals surface area contributed by atoms with E-state index in [9.17, 15) is 10.1 Å². The van der Waals surface area contributed by atoms with Crippen LogP contribution in [0.3, 0.4) is 0 Å². The van der Waals surface area contributed by atoms with Crippen LogP contribution >= 0.6 is 0 Å². The molecule has 0 atom stereocenters. The number of nitrogens with zero attached hydrogens (tertiary/aromatic N) is 4. The Morgan fingerprint density at radius 2 is 1.95 bits per heavy atom. The van der Waals surface area contributed by atoms with Gasteiger partial charge in [0.05, 0.1) is 16.0 Å². The van der Waals surface area contributed by atoms with Crippen molar-refractivity contribution in [2.45, 2.75) is 13.5 Å². The summed E-state index contributed by atoms with van der Waals surface area (Å²) < 4.78 is 2.03. The van der Waals surface area contributed by atoms with Crippen molar-refractivity contribution in [3.8, 4) is 0 Å². The maximum atomic E-state index is 10.6. The normalized spacial score (nSPS) is 11.3. The summed E-state index contributed by atoms with van der Waals surface area (Å²) in [6, 6.07) is 14.1. The topological polar surface area (TPSA) is 73.3 Å². The highest BCUT2D eigenvalue weighted by Gasteiger charge is 2.07. The van der Waals surface area contributed by atoms with Crippen LogP contribution in [0.4, 0.5) is 11.6 Å². The van der Waals surface area contributed by atoms with E-state index in [0.717, 1.165) is 23.1 Å². The summed E-state index contributed by atoms with van der Waals surface area (Å²) in [6.07, 6.45) is 1.66. The van der Waals surface area contributed by atoms with Crippen molar-refractivity contribution in [3.05, 3.63) is 64.2 Å². The highest BCUT2D eigenvalue weighted by Crippen LogP contribution is 2.21. The van der Waals surface area contributed by atoms with Crippen molar-refractivity contribution in [1.82, 2.24) is 9.55 Å². The Kier molecular flexibility index (Phi) is 3.65. The van der Waals surface area contributed by atoms with E-state index in [2.05, 4.69) is 9.98 Å². The third-order valence-electron chi connectivity index (χ3n) is 3.38. The van der Waals surface area contributed by atoms with Gasteiger partial charge in [-0.25, -0.2) is 9.98 Å². The van der Waals surface area contributed by atoms with E-state index in [4.69, 9.17) is 0 Å². The summed E-state index contributed by atoms with van der Waals surface area (Å²) in [6.45, 7) is 2.81. The molecule has 1 aromatic heterocycles. The average Bonchev–Trinajstić information content (AvgIpc) is 2.90. The maximum Gasteiger partial charge on any atom is 0.269 e. The van der Waals surface area contributed by atoms with Crippen molar-refractivity contribution < 1.29 is 4.92 Å². The second kappa shape index (κ2) is 5.77. The molecule has 2 aromatic carbocycles. The van der Waals surface area contributed by atoms with Crippen LogP contribution in [0.2, 0.25) is 0 Å². The van der Waals surface area contributed by atoms with Crippen molar-refractivity contribution in [3.63, 3.8) is 0 Å². The number of benzene rings is 2. The van der Waals surface area contributed by atoms with E-state index in [-0.39, 0.29) is 5.69 Å². The number of fused-ring (bicyclic) bond motifs is 1. The molecular weight excluding hydrogens is 280 g/mol. The lowest BCUT2D eigenvalue weighted by Gasteiger charge is -2.01. The van der Waals surface area contributed by atoms with Gasteiger partial charge in [-0.2, -0.15) is 0 Å². The molecule has 3 rings (SSSR count). The summed E-state index contributed by atoms with van der Waals surface area (Å²) in [5, 5.41) is 10.6. The molecule has 0 saturated heterocycles. The van der Waals surface area contributed by atoms with Gasteiger partial charge in [-0.15, -0.1) is 0 Å². The van der Waals surface area contributed by atoms with Gasteiger partial charge < -0.3 is 4.57 Å². The highest BCUT2D eigenvalue weighted by molar-refractivity contribution is 5.84. The molecule has 22 heavy (non-hydrogen) atoms. The largest absolute Gasteiger partial charge is 0.309 e. The molecule has 0 bridgehead atoms. The van der Waals surface area contributed by atoms with Crippen molar-refractivity contribution in [1.29, 1.82) is 0 Å². The third kappa shape index (κ3) is 2.58. The summed E-state index contributed by atoms with van der Waals surface area (Å²) in [4.78, 5) is 19.1. The standard InChI is InChI=1S/C16H14N4O2/c1-2-19-15-6-4-3-5-14(15)18-16(19)17-11-12-7-9-13(10-8-12)20(21)22/h3-11H,2H2,1H3/b17-11+. The maximum absolute atomic E-state index is 10.6. The summed E-state index contributed by atoms with van der Waals surface area (Å²) >= 11 is 0. The molecule has 0 fully saturated rings. The molecule has 6 heteroatoms. The molecule has 0 radical (unpaired) electrons. The molecule has 0 N–H and O–H groups in total. The van der Waals surface area contributed by atoms with Crippen LogP contribution in [0.15, 0.2) is 53.5 Å². The second-order valence-corrected chi connectivity index (χ2v) is 4.75. The summed E-state index contributed by atoms with van der Waals surface area (Å²) in [5.74, 6) is 0.627. The number of imidazole rings is 1. The van der Waals surface area contributed by atoms with Crippen LogP contribution in [-0.2, 0) is 6.54 Å². The minimum Gasteiger partial charge on any atom is -0.309 e. The van der Waals surface area contributed by atoms with Crippen LogP contribution in [0.25, 0.3) is 11.0 Å². The van der Waals surface area contributed by atoms with Gasteiger partial charge in [0.15, 0.2) is 0 Å². The minimum atomic E-state index is -0.419. The number of aromatic nitrogens is 2. The Hall–Kier alpha value is -3.02. The summed E-state index contributed by atoms with van der Waals surface area (Å²) in [7, 11) is 0. The van der Waals surface area contributed by atoms with Crippen LogP contribution < -0.4 is 0 Å². The predicted octanol–water partition coefficient (Wildman–Crippen LogP) is 3.72. The predicted molar refractivity (Wildman–Crippen MR) is 85.8 cm³/mol. The quantitative estimate of drug-likeness (QED) is 0.418. The smallest absolute Gasteiger partial charge is 0.269 e. The number of hydrogen-bond donors (Lipinski definition) is 0. The molecule has 0 aliphatic rings. The zero-order valence-corrected chi connectivity index (χ0v) is 12.0. The number of nitro groups is 1. The fourth-order valence-corrected chi connectivity index (χ4v) is 2.29. The minimum absolute atomic E-state index is 0.0675.